The van der Waals surface area contributed by atoms with Gasteiger partial charge in [-0.1, -0.05) is 36.4 Å². The molecular formula is C26H23N3O4. The Morgan fingerprint density at radius 3 is 2.42 bits per heavy atom. The number of nitrogens with zero attached hydrogens (tertiary/aromatic N) is 2. The lowest BCUT2D eigenvalue weighted by Gasteiger charge is -2.39. The summed E-state index contributed by atoms with van der Waals surface area (Å²) in [6, 6.07) is 21.4. The number of benzene rings is 3. The minimum Gasteiger partial charge on any atom is -0.497 e. The molecule has 0 bridgehead atoms. The molecule has 1 saturated heterocycles. The van der Waals surface area contributed by atoms with Gasteiger partial charge >= 0.3 is 0 Å². The molecule has 1 fully saturated rings. The molecule has 2 aliphatic heterocycles. The maximum Gasteiger partial charge on any atom is 0.256 e. The second kappa shape index (κ2) is 8.43. The van der Waals surface area contributed by atoms with Crippen molar-refractivity contribution in [1.82, 2.24) is 9.80 Å². The number of hydrogen-bond acceptors (Lipinski definition) is 4. The summed E-state index contributed by atoms with van der Waals surface area (Å²) < 4.78 is 5.15. The molecule has 166 valence electrons. The van der Waals surface area contributed by atoms with Gasteiger partial charge in [-0.2, -0.15) is 0 Å². The molecule has 33 heavy (non-hydrogen) atoms. The molecule has 3 aromatic rings. The van der Waals surface area contributed by atoms with E-state index in [1.165, 1.54) is 0 Å². The van der Waals surface area contributed by atoms with E-state index in [1.807, 2.05) is 42.5 Å². The van der Waals surface area contributed by atoms with Crippen LogP contribution in [0.25, 0.3) is 11.1 Å². The van der Waals surface area contributed by atoms with Gasteiger partial charge in [0.05, 0.1) is 24.9 Å². The lowest BCUT2D eigenvalue weighted by Crippen LogP contribution is -2.59. The number of carbonyl (C=O) groups is 3. The number of anilines is 1. The Morgan fingerprint density at radius 2 is 1.70 bits per heavy atom. The third kappa shape index (κ3) is 3.82. The van der Waals surface area contributed by atoms with Crippen molar-refractivity contribution in [2.24, 2.45) is 0 Å². The number of fused-ring (bicyclic) bond motifs is 2. The minimum atomic E-state index is -0.749. The number of amides is 3. The number of ether oxygens (including phenoxy) is 1. The molecule has 1 N–H and O–H groups in total. The number of nitrogens with one attached hydrogen (secondary N) is 1. The Labute approximate surface area is 191 Å². The summed E-state index contributed by atoms with van der Waals surface area (Å²) in [5.74, 6) is -0.00658. The van der Waals surface area contributed by atoms with E-state index in [1.54, 1.807) is 47.2 Å². The smallest absolute Gasteiger partial charge is 0.256 e. The zero-order valence-corrected chi connectivity index (χ0v) is 18.2. The number of rotatable bonds is 3. The van der Waals surface area contributed by atoms with Crippen LogP contribution in [0.1, 0.15) is 20.7 Å². The predicted molar refractivity (Wildman–Crippen MR) is 124 cm³/mol. The Bertz CT molecular complexity index is 1220. The van der Waals surface area contributed by atoms with Gasteiger partial charge in [0, 0.05) is 18.7 Å². The fraction of sp³-hybridized carbons (Fsp3) is 0.192. The molecule has 0 spiro atoms. The molecular weight excluding hydrogens is 418 g/mol. The first kappa shape index (κ1) is 20.8. The summed E-state index contributed by atoms with van der Waals surface area (Å²) in [7, 11) is 1.57. The highest BCUT2D eigenvalue weighted by Gasteiger charge is 2.40. The van der Waals surface area contributed by atoms with E-state index >= 15 is 0 Å². The molecule has 0 radical (unpaired) electrons. The molecule has 2 heterocycles. The van der Waals surface area contributed by atoms with Crippen molar-refractivity contribution in [2.75, 3.05) is 32.1 Å². The number of carbonyl (C=O) groups excluding carboxylic acids is 3. The van der Waals surface area contributed by atoms with Gasteiger partial charge in [-0.25, -0.2) is 0 Å². The van der Waals surface area contributed by atoms with Crippen molar-refractivity contribution in [3.8, 4) is 16.9 Å². The second-order valence-electron chi connectivity index (χ2n) is 8.11. The highest BCUT2D eigenvalue weighted by atomic mass is 16.5. The SMILES string of the molecule is COc1ccc(C(=O)N2CCN3C(=O)c4cc(-c5ccccc5)ccc4NC(=O)[C@@H]3C2)cc1. The summed E-state index contributed by atoms with van der Waals surface area (Å²) in [5, 5.41) is 2.89. The predicted octanol–water partition coefficient (Wildman–Crippen LogP) is 3.28. The highest BCUT2D eigenvalue weighted by Crippen LogP contribution is 2.30. The second-order valence-corrected chi connectivity index (χ2v) is 8.11. The molecule has 1 atom stereocenters. The highest BCUT2D eigenvalue weighted by molar-refractivity contribution is 6.11. The molecule has 7 nitrogen and oxygen atoms in total. The standard InChI is InChI=1S/C26H23N3O4/c1-33-20-10-7-18(8-11-20)25(31)28-13-14-29-23(16-28)24(30)27-22-12-9-19(15-21(22)26(29)32)17-5-3-2-4-6-17/h2-12,15,23H,13-14,16H2,1H3,(H,27,30)/t23-/m0/s1. The van der Waals surface area contributed by atoms with Crippen LogP contribution in [0.15, 0.2) is 72.8 Å². The fourth-order valence-electron chi connectivity index (χ4n) is 4.36. The summed E-state index contributed by atoms with van der Waals surface area (Å²) in [6.45, 7) is 0.782. The van der Waals surface area contributed by atoms with Crippen LogP contribution in [0, 0.1) is 0 Å². The topological polar surface area (TPSA) is 79.0 Å². The average molecular weight is 441 g/mol. The first-order chi connectivity index (χ1) is 16.0. The van der Waals surface area contributed by atoms with Crippen LogP contribution in [0.2, 0.25) is 0 Å². The van der Waals surface area contributed by atoms with Crippen LogP contribution in [0.4, 0.5) is 5.69 Å². The molecule has 7 heteroatoms. The zero-order valence-electron chi connectivity index (χ0n) is 18.2. The van der Waals surface area contributed by atoms with Gasteiger partial charge in [0.15, 0.2) is 0 Å². The summed E-state index contributed by atoms with van der Waals surface area (Å²) in [6.07, 6.45) is 0. The number of methoxy groups -OCH3 is 1. The molecule has 0 aromatic heterocycles. The monoisotopic (exact) mass is 441 g/mol. The van der Waals surface area contributed by atoms with Crippen molar-refractivity contribution in [2.45, 2.75) is 6.04 Å². The van der Waals surface area contributed by atoms with E-state index in [0.29, 0.717) is 29.1 Å². The lowest BCUT2D eigenvalue weighted by molar-refractivity contribution is -0.121. The van der Waals surface area contributed by atoms with E-state index in [2.05, 4.69) is 5.32 Å². The Morgan fingerprint density at radius 1 is 0.939 bits per heavy atom. The van der Waals surface area contributed by atoms with E-state index in [-0.39, 0.29) is 30.8 Å². The van der Waals surface area contributed by atoms with Crippen LogP contribution in [-0.2, 0) is 4.79 Å². The van der Waals surface area contributed by atoms with E-state index in [4.69, 9.17) is 4.74 Å². The van der Waals surface area contributed by atoms with E-state index in [9.17, 15) is 14.4 Å². The quantitative estimate of drug-likeness (QED) is 0.677. The van der Waals surface area contributed by atoms with Gasteiger partial charge in [0.2, 0.25) is 5.91 Å². The van der Waals surface area contributed by atoms with E-state index in [0.717, 1.165) is 11.1 Å². The molecule has 3 aromatic carbocycles. The van der Waals surface area contributed by atoms with Crippen molar-refractivity contribution in [3.63, 3.8) is 0 Å². The molecule has 5 rings (SSSR count). The van der Waals surface area contributed by atoms with Crippen molar-refractivity contribution >= 4 is 23.4 Å². The third-order valence-corrected chi connectivity index (χ3v) is 6.18. The third-order valence-electron chi connectivity index (χ3n) is 6.18. The van der Waals surface area contributed by atoms with Crippen molar-refractivity contribution < 1.29 is 19.1 Å². The van der Waals surface area contributed by atoms with Crippen LogP contribution < -0.4 is 10.1 Å². The maximum atomic E-state index is 13.4. The van der Waals surface area contributed by atoms with Gasteiger partial charge in [-0.15, -0.1) is 0 Å². The van der Waals surface area contributed by atoms with Crippen LogP contribution in [-0.4, -0.2) is 60.3 Å². The van der Waals surface area contributed by atoms with Crippen LogP contribution in [0.5, 0.6) is 5.75 Å². The average Bonchev–Trinajstić information content (AvgIpc) is 2.98. The number of piperazine rings is 1. The van der Waals surface area contributed by atoms with Gasteiger partial charge in [0.25, 0.3) is 11.8 Å². The molecule has 2 aliphatic rings. The first-order valence-electron chi connectivity index (χ1n) is 10.8. The van der Waals surface area contributed by atoms with E-state index < -0.39 is 6.04 Å². The Balaban J connectivity index is 1.40. The molecule has 0 saturated carbocycles. The molecule has 0 aliphatic carbocycles. The van der Waals surface area contributed by atoms with Gasteiger partial charge in [-0.3, -0.25) is 14.4 Å². The zero-order chi connectivity index (χ0) is 22.9. The maximum absolute atomic E-state index is 13.4. The Hall–Kier alpha value is -4.13. The summed E-state index contributed by atoms with van der Waals surface area (Å²) in [4.78, 5) is 42.7. The largest absolute Gasteiger partial charge is 0.497 e. The summed E-state index contributed by atoms with van der Waals surface area (Å²) >= 11 is 0. The van der Waals surface area contributed by atoms with Crippen molar-refractivity contribution in [3.05, 3.63) is 83.9 Å². The number of hydrogen-bond donors (Lipinski definition) is 1. The fourth-order valence-corrected chi connectivity index (χ4v) is 4.36. The first-order valence-corrected chi connectivity index (χ1v) is 10.8. The summed E-state index contributed by atoms with van der Waals surface area (Å²) in [5.41, 5.74) is 3.37. The van der Waals surface area contributed by atoms with Crippen LogP contribution in [0.3, 0.4) is 0 Å². The van der Waals surface area contributed by atoms with Gasteiger partial charge in [0.1, 0.15) is 11.8 Å². The van der Waals surface area contributed by atoms with Crippen molar-refractivity contribution in [1.29, 1.82) is 0 Å². The minimum absolute atomic E-state index is 0.141. The molecule has 3 amide bonds. The van der Waals surface area contributed by atoms with Gasteiger partial charge in [-0.05, 0) is 47.5 Å². The lowest BCUT2D eigenvalue weighted by atomic mass is 10.0. The normalized spacial score (nSPS) is 17.5. The van der Waals surface area contributed by atoms with Crippen LogP contribution >= 0.6 is 0 Å². The Kier molecular flexibility index (Phi) is 5.30. The van der Waals surface area contributed by atoms with Gasteiger partial charge < -0.3 is 19.9 Å². The molecule has 0 unspecified atom stereocenters.